The number of nitrogens with zero attached hydrogens (tertiary/aromatic N) is 1. The molecule has 3 N–H and O–H groups in total. The summed E-state index contributed by atoms with van der Waals surface area (Å²) in [4.78, 5) is 15.8. The van der Waals surface area contributed by atoms with Crippen molar-refractivity contribution in [1.82, 2.24) is 16.0 Å². The number of guanidine groups is 1. The van der Waals surface area contributed by atoms with Crippen LogP contribution in [-0.2, 0) is 11.3 Å². The van der Waals surface area contributed by atoms with Crippen molar-refractivity contribution in [3.63, 3.8) is 0 Å². The van der Waals surface area contributed by atoms with Crippen molar-refractivity contribution in [3.8, 4) is 0 Å². The van der Waals surface area contributed by atoms with Gasteiger partial charge in [-0.1, -0.05) is 30.7 Å². The largest absolute Gasteiger partial charge is 0.356 e. The number of hydrogen-bond donors (Lipinski definition) is 3. The van der Waals surface area contributed by atoms with Crippen LogP contribution in [0.3, 0.4) is 0 Å². The average Bonchev–Trinajstić information content (AvgIpc) is 2.52. The molecule has 5 nitrogen and oxygen atoms in total. The highest BCUT2D eigenvalue weighted by atomic mass is 35.5. The van der Waals surface area contributed by atoms with Crippen LogP contribution in [0.15, 0.2) is 29.3 Å². The second kappa shape index (κ2) is 10.1. The van der Waals surface area contributed by atoms with E-state index in [1.165, 1.54) is 0 Å². The van der Waals surface area contributed by atoms with Gasteiger partial charge in [-0.05, 0) is 31.0 Å². The Kier molecular flexibility index (Phi) is 8.36. The smallest absolute Gasteiger partial charge is 0.221 e. The Hall–Kier alpha value is -1.75. The highest BCUT2D eigenvalue weighted by Gasteiger charge is 2.05. The van der Waals surface area contributed by atoms with Crippen molar-refractivity contribution in [1.29, 1.82) is 0 Å². The Morgan fingerprint density at radius 2 is 1.95 bits per heavy atom. The monoisotopic (exact) mass is 324 g/mol. The number of carbonyl (C=O) groups excluding carboxylic acids is 1. The van der Waals surface area contributed by atoms with E-state index < -0.39 is 0 Å². The first-order valence-corrected chi connectivity index (χ1v) is 7.91. The maximum absolute atomic E-state index is 11.7. The summed E-state index contributed by atoms with van der Waals surface area (Å²) >= 11 is 5.85. The lowest BCUT2D eigenvalue weighted by Crippen LogP contribution is -2.40. The zero-order valence-corrected chi connectivity index (χ0v) is 14.2. The molecule has 0 saturated heterocycles. The molecule has 0 bridgehead atoms. The van der Waals surface area contributed by atoms with Gasteiger partial charge in [0.1, 0.15) is 0 Å². The van der Waals surface area contributed by atoms with Gasteiger partial charge in [-0.3, -0.25) is 9.79 Å². The van der Waals surface area contributed by atoms with Crippen LogP contribution >= 0.6 is 11.6 Å². The van der Waals surface area contributed by atoms with Gasteiger partial charge in [0.2, 0.25) is 5.91 Å². The van der Waals surface area contributed by atoms with Gasteiger partial charge < -0.3 is 16.0 Å². The van der Waals surface area contributed by atoms with Crippen molar-refractivity contribution in [2.24, 2.45) is 4.99 Å². The molecule has 0 aliphatic heterocycles. The number of aliphatic imine (C=N–C) groups is 1. The van der Waals surface area contributed by atoms with Crippen molar-refractivity contribution in [3.05, 3.63) is 34.9 Å². The predicted octanol–water partition coefficient (Wildman–Crippen LogP) is 2.31. The SMILES string of the molecule is CCC(C)NC(=O)CCNC(=NC)NCc1ccc(Cl)cc1. The molecular weight excluding hydrogens is 300 g/mol. The molecule has 1 unspecified atom stereocenters. The van der Waals surface area contributed by atoms with Gasteiger partial charge in [-0.25, -0.2) is 0 Å². The molecule has 6 heteroatoms. The minimum atomic E-state index is 0.0509. The standard InChI is InChI=1S/C16H25ClN4O/c1-4-12(2)21-15(22)9-10-19-16(18-3)20-11-13-5-7-14(17)8-6-13/h5-8,12H,4,9-11H2,1-3H3,(H,21,22)(H2,18,19,20). The second-order valence-electron chi connectivity index (χ2n) is 5.11. The van der Waals surface area contributed by atoms with Crippen LogP contribution in [0.4, 0.5) is 0 Å². The summed E-state index contributed by atoms with van der Waals surface area (Å²) in [5, 5.41) is 9.97. The van der Waals surface area contributed by atoms with E-state index in [9.17, 15) is 4.79 Å². The van der Waals surface area contributed by atoms with E-state index in [0.717, 1.165) is 17.0 Å². The van der Waals surface area contributed by atoms with Gasteiger partial charge in [0.05, 0.1) is 0 Å². The lowest BCUT2D eigenvalue weighted by Gasteiger charge is -2.14. The van der Waals surface area contributed by atoms with Crippen LogP contribution in [0, 0.1) is 0 Å². The van der Waals surface area contributed by atoms with Gasteiger partial charge >= 0.3 is 0 Å². The Morgan fingerprint density at radius 3 is 2.55 bits per heavy atom. The summed E-state index contributed by atoms with van der Waals surface area (Å²) in [5.74, 6) is 0.723. The molecule has 0 aliphatic rings. The van der Waals surface area contributed by atoms with Crippen LogP contribution in [0.1, 0.15) is 32.3 Å². The lowest BCUT2D eigenvalue weighted by molar-refractivity contribution is -0.121. The van der Waals surface area contributed by atoms with Gasteiger partial charge in [0.15, 0.2) is 5.96 Å². The minimum Gasteiger partial charge on any atom is -0.356 e. The Labute approximate surface area is 137 Å². The third kappa shape index (κ3) is 7.31. The van der Waals surface area contributed by atoms with Crippen LogP contribution in [0.5, 0.6) is 0 Å². The molecule has 1 amide bonds. The summed E-state index contributed by atoms with van der Waals surface area (Å²) in [6, 6.07) is 7.85. The molecule has 0 radical (unpaired) electrons. The molecule has 1 rings (SSSR count). The molecule has 122 valence electrons. The molecule has 0 saturated carbocycles. The molecule has 1 aromatic carbocycles. The van der Waals surface area contributed by atoms with E-state index in [-0.39, 0.29) is 11.9 Å². The number of amides is 1. The quantitative estimate of drug-likeness (QED) is 0.532. The van der Waals surface area contributed by atoms with Crippen molar-refractivity contribution in [2.45, 2.75) is 39.3 Å². The molecule has 22 heavy (non-hydrogen) atoms. The first kappa shape index (κ1) is 18.3. The summed E-state index contributed by atoms with van der Waals surface area (Å²) in [5.41, 5.74) is 1.11. The second-order valence-corrected chi connectivity index (χ2v) is 5.54. The summed E-state index contributed by atoms with van der Waals surface area (Å²) < 4.78 is 0. The lowest BCUT2D eigenvalue weighted by atomic mass is 10.2. The van der Waals surface area contributed by atoms with Gasteiger partial charge in [-0.15, -0.1) is 0 Å². The Morgan fingerprint density at radius 1 is 1.27 bits per heavy atom. The van der Waals surface area contributed by atoms with Gasteiger partial charge in [0, 0.05) is 37.6 Å². The maximum atomic E-state index is 11.7. The number of hydrogen-bond acceptors (Lipinski definition) is 2. The fourth-order valence-electron chi connectivity index (χ4n) is 1.75. The van der Waals surface area contributed by atoms with Gasteiger partial charge in [-0.2, -0.15) is 0 Å². The molecule has 1 atom stereocenters. The fraction of sp³-hybridized carbons (Fsp3) is 0.500. The zero-order chi connectivity index (χ0) is 16.4. The van der Waals surface area contributed by atoms with Crippen LogP contribution in [0.2, 0.25) is 5.02 Å². The van der Waals surface area contributed by atoms with Crippen molar-refractivity contribution < 1.29 is 4.79 Å². The van der Waals surface area contributed by atoms with E-state index >= 15 is 0 Å². The molecule has 0 heterocycles. The maximum Gasteiger partial charge on any atom is 0.221 e. The van der Waals surface area contributed by atoms with E-state index in [1.54, 1.807) is 7.05 Å². The molecule has 0 fully saturated rings. The number of benzene rings is 1. The summed E-state index contributed by atoms with van der Waals surface area (Å²) in [7, 11) is 1.70. The number of nitrogens with one attached hydrogen (secondary N) is 3. The topological polar surface area (TPSA) is 65.5 Å². The van der Waals surface area contributed by atoms with Crippen LogP contribution in [-0.4, -0.2) is 31.5 Å². The van der Waals surface area contributed by atoms with Crippen molar-refractivity contribution >= 4 is 23.5 Å². The summed E-state index contributed by atoms with van der Waals surface area (Å²) in [6.07, 6.45) is 1.36. The molecular formula is C16H25ClN4O. The first-order valence-electron chi connectivity index (χ1n) is 7.53. The van der Waals surface area contributed by atoms with Crippen LogP contribution < -0.4 is 16.0 Å². The molecule has 0 spiro atoms. The highest BCUT2D eigenvalue weighted by Crippen LogP contribution is 2.08. The Balaban J connectivity index is 2.28. The third-order valence-electron chi connectivity index (χ3n) is 3.26. The fourth-order valence-corrected chi connectivity index (χ4v) is 1.88. The van der Waals surface area contributed by atoms with Gasteiger partial charge in [0.25, 0.3) is 0 Å². The molecule has 0 aliphatic carbocycles. The Bertz CT molecular complexity index is 487. The third-order valence-corrected chi connectivity index (χ3v) is 3.51. The van der Waals surface area contributed by atoms with E-state index in [4.69, 9.17) is 11.6 Å². The number of carbonyl (C=O) groups is 1. The predicted molar refractivity (Wildman–Crippen MR) is 92.2 cm³/mol. The molecule has 1 aromatic rings. The minimum absolute atomic E-state index is 0.0509. The highest BCUT2D eigenvalue weighted by molar-refractivity contribution is 6.30. The summed E-state index contributed by atoms with van der Waals surface area (Å²) in [6.45, 7) is 5.24. The molecule has 0 aromatic heterocycles. The van der Waals surface area contributed by atoms with Crippen molar-refractivity contribution in [2.75, 3.05) is 13.6 Å². The average molecular weight is 325 g/mol. The zero-order valence-electron chi connectivity index (χ0n) is 13.4. The van der Waals surface area contributed by atoms with E-state index in [2.05, 4.69) is 20.9 Å². The van der Waals surface area contributed by atoms with E-state index in [0.29, 0.717) is 25.5 Å². The van der Waals surface area contributed by atoms with Crippen LogP contribution in [0.25, 0.3) is 0 Å². The normalized spacial score (nSPS) is 12.6. The van der Waals surface area contributed by atoms with E-state index in [1.807, 2.05) is 38.1 Å². The first-order chi connectivity index (χ1) is 10.5. The number of halogens is 1. The number of rotatable bonds is 7.